The Morgan fingerprint density at radius 1 is 1.14 bits per heavy atom. The number of nitrogens with zero attached hydrogens (tertiary/aromatic N) is 7. The highest BCUT2D eigenvalue weighted by molar-refractivity contribution is 5.82. The fraction of sp³-hybridized carbons (Fsp3) is 0.484. The molecule has 4 fully saturated rings. The number of halogens is 1. The van der Waals surface area contributed by atoms with Gasteiger partial charge in [0.25, 0.3) is 5.88 Å². The summed E-state index contributed by atoms with van der Waals surface area (Å²) in [5.74, 6) is 1.73. The van der Waals surface area contributed by atoms with Crippen LogP contribution >= 0.6 is 0 Å². The van der Waals surface area contributed by atoms with Crippen molar-refractivity contribution in [2.24, 2.45) is 11.3 Å². The van der Waals surface area contributed by atoms with Gasteiger partial charge in [-0.3, -0.25) is 4.79 Å². The number of anilines is 1. The van der Waals surface area contributed by atoms with Gasteiger partial charge in [-0.05, 0) is 74.9 Å². The van der Waals surface area contributed by atoms with E-state index in [0.717, 1.165) is 76.1 Å². The molecule has 42 heavy (non-hydrogen) atoms. The molecule has 11 heteroatoms. The van der Waals surface area contributed by atoms with Gasteiger partial charge >= 0.3 is 0 Å². The van der Waals surface area contributed by atoms with Crippen LogP contribution in [0.1, 0.15) is 56.3 Å². The second-order valence-electron chi connectivity index (χ2n) is 12.2. The molecule has 0 unspecified atom stereocenters. The first-order valence-corrected chi connectivity index (χ1v) is 14.8. The molecular weight excluding hydrogens is 535 g/mol. The summed E-state index contributed by atoms with van der Waals surface area (Å²) in [6.07, 6.45) is 6.32. The number of nitrogens with one attached hydrogen (secondary N) is 1. The normalized spacial score (nSPS) is 23.0. The van der Waals surface area contributed by atoms with Crippen molar-refractivity contribution in [1.82, 2.24) is 30.4 Å². The van der Waals surface area contributed by atoms with Crippen LogP contribution in [-0.4, -0.2) is 69.7 Å². The maximum Gasteiger partial charge on any atom is 0.282 e. The van der Waals surface area contributed by atoms with Gasteiger partial charge in [0.1, 0.15) is 29.7 Å². The van der Waals surface area contributed by atoms with Gasteiger partial charge in [0.05, 0.1) is 11.7 Å². The molecule has 1 aromatic carbocycles. The molecule has 3 aromatic rings. The number of likely N-dealkylation sites (tertiary alicyclic amines) is 1. The molecule has 0 bridgehead atoms. The highest BCUT2D eigenvalue weighted by atomic mass is 19.1. The van der Waals surface area contributed by atoms with E-state index < -0.39 is 5.82 Å². The van der Waals surface area contributed by atoms with Gasteiger partial charge in [-0.25, -0.2) is 14.4 Å². The molecule has 1 amide bonds. The third-order valence-electron chi connectivity index (χ3n) is 9.30. The van der Waals surface area contributed by atoms with E-state index in [0.29, 0.717) is 28.7 Å². The molecule has 1 N–H and O–H groups in total. The molecule has 0 radical (unpaired) electrons. The Labute approximate surface area is 243 Å². The maximum atomic E-state index is 14.5. The second-order valence-corrected chi connectivity index (χ2v) is 12.2. The number of hydrogen-bond acceptors (Lipinski definition) is 9. The lowest BCUT2D eigenvalue weighted by Gasteiger charge is -2.54. The zero-order chi connectivity index (χ0) is 28.8. The number of carbonyl (C=O) groups is 1. The number of rotatable bonds is 6. The quantitative estimate of drug-likeness (QED) is 0.470. The van der Waals surface area contributed by atoms with Crippen LogP contribution in [0.25, 0.3) is 11.1 Å². The van der Waals surface area contributed by atoms with Crippen molar-refractivity contribution in [3.63, 3.8) is 0 Å². The summed E-state index contributed by atoms with van der Waals surface area (Å²) in [7, 11) is 0. The molecule has 1 aliphatic carbocycles. The van der Waals surface area contributed by atoms with Crippen LogP contribution in [-0.2, 0) is 4.79 Å². The summed E-state index contributed by atoms with van der Waals surface area (Å²) in [6.45, 7) is 6.18. The first-order chi connectivity index (χ1) is 20.4. The van der Waals surface area contributed by atoms with Crippen molar-refractivity contribution in [2.75, 3.05) is 37.6 Å². The molecule has 5 heterocycles. The first-order valence-electron chi connectivity index (χ1n) is 14.8. The monoisotopic (exact) mass is 568 g/mol. The van der Waals surface area contributed by atoms with Crippen LogP contribution in [0.3, 0.4) is 0 Å². The van der Waals surface area contributed by atoms with E-state index in [2.05, 4.69) is 43.4 Å². The minimum absolute atomic E-state index is 0.0551. The average Bonchev–Trinajstić information content (AvgIpc) is 3.76. The molecule has 1 saturated carbocycles. The molecule has 2 atom stereocenters. The molecular formula is C31H33FN8O2. The number of amides is 1. The summed E-state index contributed by atoms with van der Waals surface area (Å²) < 4.78 is 20.8. The third kappa shape index (κ3) is 4.94. The standard InChI is InChI=1S/C31H33FN8O2/c1-19-8-11-34-26(19)30(41)39-12-9-31(10-13-39)16-40(17-31)28-29(38-36-18-35-28)42-25-7-4-21(32)14-24(25)23-6-5-22(15-33)37-27(23)20-2-3-20/h4-7,14,18-20,26,34H,2-3,8-13,16-17H2,1H3/t19-,26-/m0/s1. The molecule has 1 spiro atoms. The minimum Gasteiger partial charge on any atom is -0.434 e. The topological polar surface area (TPSA) is 120 Å². The van der Waals surface area contributed by atoms with Gasteiger partial charge in [-0.15, -0.1) is 10.2 Å². The molecule has 216 valence electrons. The van der Waals surface area contributed by atoms with Crippen molar-refractivity contribution < 1.29 is 13.9 Å². The SMILES string of the molecule is C[C@H]1CCN[C@@H]1C(=O)N1CCC2(CC1)CN(c1ncnnc1Oc1ccc(F)cc1-c1ccc(C#N)nc1C1CC1)C2. The third-order valence-corrected chi connectivity index (χ3v) is 9.30. The van der Waals surface area contributed by atoms with E-state index in [4.69, 9.17) is 4.74 Å². The molecule has 4 aliphatic rings. The van der Waals surface area contributed by atoms with E-state index in [1.165, 1.54) is 18.5 Å². The van der Waals surface area contributed by atoms with Crippen LogP contribution in [0, 0.1) is 28.5 Å². The van der Waals surface area contributed by atoms with Gasteiger partial charge in [-0.1, -0.05) is 6.92 Å². The Balaban J connectivity index is 1.08. The highest BCUT2D eigenvalue weighted by Gasteiger charge is 2.48. The number of pyridine rings is 1. The van der Waals surface area contributed by atoms with Crippen LogP contribution in [0.15, 0.2) is 36.7 Å². The molecule has 2 aromatic heterocycles. The van der Waals surface area contributed by atoms with Crippen LogP contribution in [0.2, 0.25) is 0 Å². The molecule has 10 nitrogen and oxygen atoms in total. The highest BCUT2D eigenvalue weighted by Crippen LogP contribution is 2.47. The molecule has 7 rings (SSSR count). The van der Waals surface area contributed by atoms with Gasteiger partial charge in [0, 0.05) is 48.6 Å². The van der Waals surface area contributed by atoms with Crippen molar-refractivity contribution in [3.8, 4) is 28.8 Å². The predicted molar refractivity (Wildman–Crippen MR) is 152 cm³/mol. The Hall–Kier alpha value is -4.17. The Morgan fingerprint density at radius 3 is 2.67 bits per heavy atom. The van der Waals surface area contributed by atoms with E-state index >= 15 is 0 Å². The number of piperidine rings is 1. The van der Waals surface area contributed by atoms with Crippen molar-refractivity contribution in [3.05, 3.63) is 53.9 Å². The Kier molecular flexibility index (Phi) is 6.73. The van der Waals surface area contributed by atoms with E-state index in [-0.39, 0.29) is 29.2 Å². The molecule has 3 saturated heterocycles. The summed E-state index contributed by atoms with van der Waals surface area (Å²) >= 11 is 0. The number of benzene rings is 1. The zero-order valence-corrected chi connectivity index (χ0v) is 23.6. The predicted octanol–water partition coefficient (Wildman–Crippen LogP) is 4.04. The largest absolute Gasteiger partial charge is 0.434 e. The van der Waals surface area contributed by atoms with Gasteiger partial charge in [0.2, 0.25) is 5.91 Å². The van der Waals surface area contributed by atoms with E-state index in [9.17, 15) is 14.4 Å². The first kappa shape index (κ1) is 26.7. The fourth-order valence-corrected chi connectivity index (χ4v) is 6.67. The number of aromatic nitrogens is 4. The van der Waals surface area contributed by atoms with Crippen LogP contribution in [0.4, 0.5) is 10.2 Å². The summed E-state index contributed by atoms with van der Waals surface area (Å²) in [4.78, 5) is 26.3. The average molecular weight is 569 g/mol. The van der Waals surface area contributed by atoms with Crippen molar-refractivity contribution in [2.45, 2.75) is 51.0 Å². The van der Waals surface area contributed by atoms with E-state index in [1.54, 1.807) is 12.1 Å². The number of hydrogen-bond donors (Lipinski definition) is 1. The van der Waals surface area contributed by atoms with Crippen LogP contribution < -0.4 is 15.0 Å². The number of carbonyl (C=O) groups excluding carboxylic acids is 1. The Bertz CT molecular complexity index is 1550. The van der Waals surface area contributed by atoms with Crippen LogP contribution in [0.5, 0.6) is 11.6 Å². The minimum atomic E-state index is -0.395. The summed E-state index contributed by atoms with van der Waals surface area (Å²) in [5.41, 5.74) is 2.55. The smallest absolute Gasteiger partial charge is 0.282 e. The second kappa shape index (κ2) is 10.6. The zero-order valence-electron chi connectivity index (χ0n) is 23.6. The molecule has 3 aliphatic heterocycles. The lowest BCUT2D eigenvalue weighted by Crippen LogP contribution is -2.62. The number of nitriles is 1. The van der Waals surface area contributed by atoms with Crippen molar-refractivity contribution >= 4 is 11.7 Å². The van der Waals surface area contributed by atoms with Gasteiger partial charge in [-0.2, -0.15) is 5.26 Å². The fourth-order valence-electron chi connectivity index (χ4n) is 6.67. The van der Waals surface area contributed by atoms with E-state index in [1.807, 2.05) is 11.0 Å². The van der Waals surface area contributed by atoms with Gasteiger partial charge in [0.15, 0.2) is 5.82 Å². The maximum absolute atomic E-state index is 14.5. The van der Waals surface area contributed by atoms with Gasteiger partial charge < -0.3 is 19.9 Å². The van der Waals surface area contributed by atoms with Crippen molar-refractivity contribution in [1.29, 1.82) is 5.26 Å². The lowest BCUT2D eigenvalue weighted by molar-refractivity contribution is -0.136. The Morgan fingerprint density at radius 2 is 1.95 bits per heavy atom. The lowest BCUT2D eigenvalue weighted by atomic mass is 9.72. The summed E-state index contributed by atoms with van der Waals surface area (Å²) in [6, 6.07) is 9.88. The number of ether oxygens (including phenoxy) is 1. The summed E-state index contributed by atoms with van der Waals surface area (Å²) in [5, 5.41) is 21.0.